The maximum absolute atomic E-state index is 12.6. The monoisotopic (exact) mass is 530 g/mol. The number of thiocyanates is 1. The van der Waals surface area contributed by atoms with E-state index in [1.165, 1.54) is 11.3 Å². The molecule has 7 nitrogen and oxygen atoms in total. The first-order valence-corrected chi connectivity index (χ1v) is 11.9. The first kappa shape index (κ1) is 21.6. The van der Waals surface area contributed by atoms with Crippen LogP contribution in [-0.4, -0.2) is 33.5 Å². The number of nitrogens with one attached hydrogen (secondary N) is 1. The standard InChI is InChI=1S/C20H11BrN4O3S3/c21-12-3-1-2-11(6-12)7-16-18(27)25(20(28)31-16)9-17(26)24-19-23-14-5-4-13(29-10-22)8-15(14)30-19/h1-8H,9H2,(H,23,24,26)/b16-7+. The number of imide groups is 1. The number of aromatic nitrogens is 1. The van der Waals surface area contributed by atoms with Crippen LogP contribution in [0, 0.1) is 10.7 Å². The molecule has 1 saturated heterocycles. The van der Waals surface area contributed by atoms with Gasteiger partial charge in [0.1, 0.15) is 11.9 Å². The number of hydrogen-bond donors (Lipinski definition) is 1. The van der Waals surface area contributed by atoms with Gasteiger partial charge in [-0.25, -0.2) is 4.98 Å². The number of carbonyl (C=O) groups excluding carboxylic acids is 3. The highest BCUT2D eigenvalue weighted by Gasteiger charge is 2.36. The number of nitrogens with zero attached hydrogens (tertiary/aromatic N) is 3. The van der Waals surface area contributed by atoms with Gasteiger partial charge in [0.15, 0.2) is 5.13 Å². The molecule has 1 aliphatic rings. The van der Waals surface area contributed by atoms with E-state index >= 15 is 0 Å². The van der Waals surface area contributed by atoms with Crippen molar-refractivity contribution in [1.82, 2.24) is 9.88 Å². The molecule has 0 saturated carbocycles. The highest BCUT2D eigenvalue weighted by atomic mass is 79.9. The van der Waals surface area contributed by atoms with Crippen molar-refractivity contribution in [2.45, 2.75) is 4.90 Å². The van der Waals surface area contributed by atoms with E-state index < -0.39 is 23.6 Å². The van der Waals surface area contributed by atoms with Crippen LogP contribution < -0.4 is 5.32 Å². The van der Waals surface area contributed by atoms with Crippen molar-refractivity contribution in [2.24, 2.45) is 0 Å². The summed E-state index contributed by atoms with van der Waals surface area (Å²) in [5, 5.41) is 13.3. The second kappa shape index (κ2) is 9.23. The van der Waals surface area contributed by atoms with E-state index in [4.69, 9.17) is 5.26 Å². The predicted molar refractivity (Wildman–Crippen MR) is 127 cm³/mol. The molecule has 0 radical (unpaired) electrons. The van der Waals surface area contributed by atoms with Crippen LogP contribution in [0.2, 0.25) is 0 Å². The highest BCUT2D eigenvalue weighted by molar-refractivity contribution is 9.10. The lowest BCUT2D eigenvalue weighted by molar-refractivity contribution is -0.127. The Kier molecular flexibility index (Phi) is 6.43. The van der Waals surface area contributed by atoms with Crippen LogP contribution in [0.3, 0.4) is 0 Å². The molecule has 2 heterocycles. The number of anilines is 1. The molecule has 0 aliphatic carbocycles. The van der Waals surface area contributed by atoms with Crippen molar-refractivity contribution in [3.63, 3.8) is 0 Å². The molecule has 4 rings (SSSR count). The lowest BCUT2D eigenvalue weighted by Gasteiger charge is -2.11. The number of amides is 3. The zero-order valence-electron chi connectivity index (χ0n) is 15.5. The number of hydrogen-bond acceptors (Lipinski definition) is 8. The second-order valence-corrected chi connectivity index (χ2v) is 10.0. The summed E-state index contributed by atoms with van der Waals surface area (Å²) in [5.41, 5.74) is 1.46. The average Bonchev–Trinajstić information content (AvgIpc) is 3.23. The molecule has 1 N–H and O–H groups in total. The Morgan fingerprint density at radius 3 is 2.90 bits per heavy atom. The molecule has 3 aromatic rings. The Bertz CT molecular complexity index is 1300. The molecule has 0 atom stereocenters. The molecule has 2 aromatic carbocycles. The second-order valence-electron chi connectivity index (χ2n) is 6.21. The van der Waals surface area contributed by atoms with Gasteiger partial charge in [-0.3, -0.25) is 19.3 Å². The topological polar surface area (TPSA) is 103 Å². The Hall–Kier alpha value is -2.65. The minimum Gasteiger partial charge on any atom is -0.300 e. The van der Waals surface area contributed by atoms with Gasteiger partial charge in [-0.2, -0.15) is 5.26 Å². The Labute approximate surface area is 197 Å². The molecule has 31 heavy (non-hydrogen) atoms. The molecule has 0 bridgehead atoms. The van der Waals surface area contributed by atoms with Crippen LogP contribution in [0.25, 0.3) is 16.3 Å². The lowest BCUT2D eigenvalue weighted by atomic mass is 10.2. The summed E-state index contributed by atoms with van der Waals surface area (Å²) >= 11 is 6.46. The number of halogens is 1. The molecule has 1 aromatic heterocycles. The quantitative estimate of drug-likeness (QED) is 0.271. The van der Waals surface area contributed by atoms with E-state index in [9.17, 15) is 14.4 Å². The number of thioether (sulfide) groups is 2. The van der Waals surface area contributed by atoms with E-state index in [0.29, 0.717) is 10.6 Å². The van der Waals surface area contributed by atoms with E-state index in [0.717, 1.165) is 48.1 Å². The van der Waals surface area contributed by atoms with Gasteiger partial charge < -0.3 is 5.32 Å². The molecular weight excluding hydrogens is 520 g/mol. The molecule has 0 spiro atoms. The van der Waals surface area contributed by atoms with Gasteiger partial charge in [0, 0.05) is 9.37 Å². The predicted octanol–water partition coefficient (Wildman–Crippen LogP) is 5.31. The summed E-state index contributed by atoms with van der Waals surface area (Å²) in [6.07, 6.45) is 1.62. The van der Waals surface area contributed by atoms with E-state index in [1.807, 2.05) is 35.7 Å². The van der Waals surface area contributed by atoms with Crippen LogP contribution in [0.15, 0.2) is 56.7 Å². The molecule has 0 unspecified atom stereocenters. The molecule has 1 aliphatic heterocycles. The first-order chi connectivity index (χ1) is 14.9. The van der Waals surface area contributed by atoms with Gasteiger partial charge in [-0.05, 0) is 65.5 Å². The fourth-order valence-corrected chi connectivity index (χ4v) is 5.43. The largest absolute Gasteiger partial charge is 0.300 e. The fraction of sp³-hybridized carbons (Fsp3) is 0.0500. The summed E-state index contributed by atoms with van der Waals surface area (Å²) in [6, 6.07) is 12.7. The van der Waals surface area contributed by atoms with Crippen LogP contribution in [0.4, 0.5) is 9.93 Å². The maximum atomic E-state index is 12.6. The fourth-order valence-electron chi connectivity index (χ4n) is 2.76. The third-order valence-corrected chi connectivity index (χ3v) is 7.01. The lowest BCUT2D eigenvalue weighted by Crippen LogP contribution is -2.36. The summed E-state index contributed by atoms with van der Waals surface area (Å²) in [6.45, 7) is -0.397. The molecule has 154 valence electrons. The number of benzene rings is 2. The van der Waals surface area contributed by atoms with Crippen molar-refractivity contribution >= 4 is 89.3 Å². The van der Waals surface area contributed by atoms with Gasteiger partial charge in [0.25, 0.3) is 11.1 Å². The number of rotatable bonds is 5. The summed E-state index contributed by atoms with van der Waals surface area (Å²) in [7, 11) is 0. The Balaban J connectivity index is 1.45. The number of thiazole rings is 1. The van der Waals surface area contributed by atoms with Gasteiger partial charge in [0.05, 0.1) is 15.1 Å². The smallest absolute Gasteiger partial charge is 0.294 e. The van der Waals surface area contributed by atoms with Crippen molar-refractivity contribution < 1.29 is 14.4 Å². The molecule has 11 heteroatoms. The van der Waals surface area contributed by atoms with Gasteiger partial charge >= 0.3 is 0 Å². The Morgan fingerprint density at radius 1 is 1.29 bits per heavy atom. The summed E-state index contributed by atoms with van der Waals surface area (Å²) in [5.74, 6) is -1.02. The number of carbonyl (C=O) groups is 3. The normalized spacial score (nSPS) is 15.0. The van der Waals surface area contributed by atoms with Gasteiger partial charge in [-0.1, -0.05) is 39.4 Å². The minimum atomic E-state index is -0.517. The third kappa shape index (κ3) is 4.99. The van der Waals surface area contributed by atoms with E-state index in [-0.39, 0.29) is 4.91 Å². The highest BCUT2D eigenvalue weighted by Crippen LogP contribution is 2.33. The molecular formula is C20H11BrN4O3S3. The van der Waals surface area contributed by atoms with Crippen LogP contribution in [0.1, 0.15) is 5.56 Å². The van der Waals surface area contributed by atoms with Crippen LogP contribution in [-0.2, 0) is 9.59 Å². The maximum Gasteiger partial charge on any atom is 0.294 e. The SMILES string of the molecule is N#CSc1ccc2nc(NC(=O)CN3C(=O)S/C(=C/c4cccc(Br)c4)C3=O)sc2c1. The van der Waals surface area contributed by atoms with E-state index in [1.54, 1.807) is 18.2 Å². The zero-order chi connectivity index (χ0) is 22.0. The molecule has 3 amide bonds. The van der Waals surface area contributed by atoms with Crippen molar-refractivity contribution in [3.05, 3.63) is 57.4 Å². The molecule has 1 fully saturated rings. The van der Waals surface area contributed by atoms with Gasteiger partial charge in [0.2, 0.25) is 5.91 Å². The Morgan fingerprint density at radius 2 is 2.13 bits per heavy atom. The summed E-state index contributed by atoms with van der Waals surface area (Å²) in [4.78, 5) is 43.6. The summed E-state index contributed by atoms with van der Waals surface area (Å²) < 4.78 is 1.67. The first-order valence-electron chi connectivity index (χ1n) is 8.70. The third-order valence-electron chi connectivity index (χ3n) is 4.09. The number of fused-ring (bicyclic) bond motifs is 1. The van der Waals surface area contributed by atoms with Gasteiger partial charge in [-0.15, -0.1) is 0 Å². The zero-order valence-corrected chi connectivity index (χ0v) is 19.5. The van der Waals surface area contributed by atoms with Crippen molar-refractivity contribution in [2.75, 3.05) is 11.9 Å². The van der Waals surface area contributed by atoms with Crippen molar-refractivity contribution in [1.29, 1.82) is 5.26 Å². The average molecular weight is 531 g/mol. The minimum absolute atomic E-state index is 0.262. The van der Waals surface area contributed by atoms with Crippen molar-refractivity contribution in [3.8, 4) is 5.40 Å². The number of nitriles is 1. The van der Waals surface area contributed by atoms with Crippen LogP contribution in [0.5, 0.6) is 0 Å². The van der Waals surface area contributed by atoms with E-state index in [2.05, 4.69) is 26.2 Å². The van der Waals surface area contributed by atoms with Crippen LogP contribution >= 0.6 is 50.8 Å².